The van der Waals surface area contributed by atoms with Gasteiger partial charge in [-0.15, -0.1) is 0 Å². The van der Waals surface area contributed by atoms with Crippen LogP contribution in [0.25, 0.3) is 0 Å². The Bertz CT molecular complexity index is 468. The molecular formula is C15H27N3O2. The van der Waals surface area contributed by atoms with Crippen molar-refractivity contribution in [3.8, 4) is 0 Å². The van der Waals surface area contributed by atoms with E-state index in [1.165, 1.54) is 7.11 Å². The lowest BCUT2D eigenvalue weighted by molar-refractivity contribution is -0.149. The summed E-state index contributed by atoms with van der Waals surface area (Å²) >= 11 is 0. The first-order valence-electron chi connectivity index (χ1n) is 7.08. The zero-order valence-electron chi connectivity index (χ0n) is 13.7. The monoisotopic (exact) mass is 281 g/mol. The fourth-order valence-electron chi connectivity index (χ4n) is 2.83. The zero-order chi connectivity index (χ0) is 15.5. The molecule has 0 saturated carbocycles. The first kappa shape index (κ1) is 16.7. The summed E-state index contributed by atoms with van der Waals surface area (Å²) in [5.41, 5.74) is 1.38. The molecule has 0 saturated heterocycles. The highest BCUT2D eigenvalue weighted by Crippen LogP contribution is 2.24. The lowest BCUT2D eigenvalue weighted by Gasteiger charge is -2.32. The van der Waals surface area contributed by atoms with Crippen molar-refractivity contribution in [3.63, 3.8) is 0 Å². The molecule has 5 heteroatoms. The normalized spacial score (nSPS) is 16.0. The number of hydrogen-bond acceptors (Lipinski definition) is 4. The van der Waals surface area contributed by atoms with Gasteiger partial charge in [0.2, 0.25) is 0 Å². The first-order chi connectivity index (χ1) is 9.19. The Labute approximate surface area is 121 Å². The Morgan fingerprint density at radius 2 is 2.05 bits per heavy atom. The molecule has 2 unspecified atom stereocenters. The van der Waals surface area contributed by atoms with Gasteiger partial charge in [0.15, 0.2) is 0 Å². The van der Waals surface area contributed by atoms with E-state index in [-0.39, 0.29) is 18.1 Å². The van der Waals surface area contributed by atoms with E-state index in [0.717, 1.165) is 11.4 Å². The summed E-state index contributed by atoms with van der Waals surface area (Å²) in [6.45, 7) is 12.0. The number of carbonyl (C=O) groups is 1. The van der Waals surface area contributed by atoms with Gasteiger partial charge in [0.1, 0.15) is 5.54 Å². The summed E-state index contributed by atoms with van der Waals surface area (Å²) in [6.07, 6.45) is 0.625. The van der Waals surface area contributed by atoms with E-state index in [1.54, 1.807) is 0 Å². The van der Waals surface area contributed by atoms with Gasteiger partial charge in [-0.1, -0.05) is 0 Å². The molecule has 0 aliphatic rings. The van der Waals surface area contributed by atoms with Crippen molar-refractivity contribution < 1.29 is 9.53 Å². The van der Waals surface area contributed by atoms with Gasteiger partial charge in [-0.2, -0.15) is 5.10 Å². The maximum absolute atomic E-state index is 12.1. The van der Waals surface area contributed by atoms with Crippen molar-refractivity contribution in [3.05, 3.63) is 17.5 Å². The molecule has 0 bridgehead atoms. The zero-order valence-corrected chi connectivity index (χ0v) is 13.7. The number of aryl methyl sites for hydroxylation is 2. The lowest BCUT2D eigenvalue weighted by atomic mass is 9.92. The van der Waals surface area contributed by atoms with Crippen molar-refractivity contribution in [2.45, 2.75) is 65.6 Å². The average Bonchev–Trinajstić information content (AvgIpc) is 2.66. The van der Waals surface area contributed by atoms with Crippen LogP contribution in [0.4, 0.5) is 0 Å². The molecule has 114 valence electrons. The van der Waals surface area contributed by atoms with Crippen LogP contribution in [-0.4, -0.2) is 34.4 Å². The molecule has 5 nitrogen and oxygen atoms in total. The third-order valence-corrected chi connectivity index (χ3v) is 3.41. The molecular weight excluding hydrogens is 254 g/mol. The van der Waals surface area contributed by atoms with Gasteiger partial charge in [0.05, 0.1) is 18.8 Å². The van der Waals surface area contributed by atoms with Crippen molar-refractivity contribution in [1.82, 2.24) is 15.1 Å². The summed E-state index contributed by atoms with van der Waals surface area (Å²) in [7, 11) is 1.43. The molecule has 0 fully saturated rings. The second kappa shape index (κ2) is 6.39. The fraction of sp³-hybridized carbons (Fsp3) is 0.733. The topological polar surface area (TPSA) is 56.2 Å². The van der Waals surface area contributed by atoms with Gasteiger partial charge < -0.3 is 4.74 Å². The number of carbonyl (C=O) groups excluding carboxylic acids is 1. The highest BCUT2D eigenvalue weighted by molar-refractivity contribution is 5.80. The number of rotatable bonds is 6. The number of esters is 1. The van der Waals surface area contributed by atoms with Crippen molar-refractivity contribution in [1.29, 1.82) is 0 Å². The molecule has 0 radical (unpaired) electrons. The predicted octanol–water partition coefficient (Wildman–Crippen LogP) is 2.38. The molecule has 0 aliphatic heterocycles. The van der Waals surface area contributed by atoms with Gasteiger partial charge >= 0.3 is 5.97 Å². The van der Waals surface area contributed by atoms with Crippen LogP contribution >= 0.6 is 0 Å². The molecule has 1 heterocycles. The van der Waals surface area contributed by atoms with E-state index in [4.69, 9.17) is 4.74 Å². The standard InChI is InChI=1S/C15H27N3O2/c1-10(2)16-15(6,14(19)20-7)9-13(5)18-12(4)8-11(3)17-18/h8,10,13,16H,9H2,1-7H3. The Morgan fingerprint density at radius 1 is 1.45 bits per heavy atom. The highest BCUT2D eigenvalue weighted by Gasteiger charge is 2.37. The Morgan fingerprint density at radius 3 is 2.45 bits per heavy atom. The summed E-state index contributed by atoms with van der Waals surface area (Å²) < 4.78 is 6.93. The van der Waals surface area contributed by atoms with Gasteiger partial charge in [-0.3, -0.25) is 14.8 Å². The molecule has 1 N–H and O–H groups in total. The van der Waals surface area contributed by atoms with Crippen molar-refractivity contribution in [2.75, 3.05) is 7.11 Å². The van der Waals surface area contributed by atoms with Gasteiger partial charge in [-0.05, 0) is 54.0 Å². The van der Waals surface area contributed by atoms with E-state index in [0.29, 0.717) is 6.42 Å². The van der Waals surface area contributed by atoms with Crippen LogP contribution in [0.5, 0.6) is 0 Å². The lowest BCUT2D eigenvalue weighted by Crippen LogP contribution is -2.54. The van der Waals surface area contributed by atoms with Crippen LogP contribution in [0, 0.1) is 13.8 Å². The maximum atomic E-state index is 12.1. The average molecular weight is 281 g/mol. The van der Waals surface area contributed by atoms with E-state index >= 15 is 0 Å². The van der Waals surface area contributed by atoms with Crippen LogP contribution in [-0.2, 0) is 9.53 Å². The molecule has 1 aromatic heterocycles. The smallest absolute Gasteiger partial charge is 0.325 e. The number of nitrogens with zero attached hydrogens (tertiary/aromatic N) is 2. The second-order valence-corrected chi connectivity index (χ2v) is 6.05. The summed E-state index contributed by atoms with van der Waals surface area (Å²) in [5, 5.41) is 7.81. The second-order valence-electron chi connectivity index (χ2n) is 6.05. The van der Waals surface area contributed by atoms with E-state index in [1.807, 2.05) is 45.4 Å². The number of methoxy groups -OCH3 is 1. The Balaban J connectivity index is 2.95. The molecule has 20 heavy (non-hydrogen) atoms. The molecule has 0 spiro atoms. The molecule has 0 aliphatic carbocycles. The SMILES string of the molecule is COC(=O)C(C)(CC(C)n1nc(C)cc1C)NC(C)C. The molecule has 2 atom stereocenters. The molecule has 0 amide bonds. The minimum atomic E-state index is -0.714. The van der Waals surface area contributed by atoms with Crippen LogP contribution in [0.3, 0.4) is 0 Å². The largest absolute Gasteiger partial charge is 0.468 e. The van der Waals surface area contributed by atoms with Gasteiger partial charge in [-0.25, -0.2) is 0 Å². The van der Waals surface area contributed by atoms with Crippen LogP contribution < -0.4 is 5.32 Å². The number of aromatic nitrogens is 2. The van der Waals surface area contributed by atoms with Gasteiger partial charge in [0, 0.05) is 11.7 Å². The fourth-order valence-corrected chi connectivity index (χ4v) is 2.83. The minimum absolute atomic E-state index is 0.110. The highest BCUT2D eigenvalue weighted by atomic mass is 16.5. The third kappa shape index (κ3) is 3.82. The number of ether oxygens (including phenoxy) is 1. The molecule has 0 aromatic carbocycles. The molecule has 1 rings (SSSR count). The van der Waals surface area contributed by atoms with E-state index < -0.39 is 5.54 Å². The number of nitrogens with one attached hydrogen (secondary N) is 1. The summed E-state index contributed by atoms with van der Waals surface area (Å²) in [5.74, 6) is -0.236. The maximum Gasteiger partial charge on any atom is 0.325 e. The molecule has 1 aromatic rings. The minimum Gasteiger partial charge on any atom is -0.468 e. The van der Waals surface area contributed by atoms with Crippen molar-refractivity contribution >= 4 is 5.97 Å². The quantitative estimate of drug-likeness (QED) is 0.813. The van der Waals surface area contributed by atoms with E-state index in [9.17, 15) is 4.79 Å². The number of hydrogen-bond donors (Lipinski definition) is 1. The van der Waals surface area contributed by atoms with Gasteiger partial charge in [0.25, 0.3) is 0 Å². The van der Waals surface area contributed by atoms with Crippen LogP contribution in [0.2, 0.25) is 0 Å². The Kier molecular flexibility index (Phi) is 5.34. The van der Waals surface area contributed by atoms with Crippen LogP contribution in [0.15, 0.2) is 6.07 Å². The van der Waals surface area contributed by atoms with Crippen LogP contribution in [0.1, 0.15) is 51.5 Å². The first-order valence-corrected chi connectivity index (χ1v) is 7.08. The van der Waals surface area contributed by atoms with Crippen molar-refractivity contribution in [2.24, 2.45) is 0 Å². The summed E-state index contributed by atoms with van der Waals surface area (Å²) in [6, 6.07) is 2.35. The predicted molar refractivity (Wildman–Crippen MR) is 79.7 cm³/mol. The van der Waals surface area contributed by atoms with E-state index in [2.05, 4.69) is 17.3 Å². The third-order valence-electron chi connectivity index (χ3n) is 3.41. The summed E-state index contributed by atoms with van der Waals surface area (Å²) in [4.78, 5) is 12.1. The Hall–Kier alpha value is -1.36.